The highest BCUT2D eigenvalue weighted by molar-refractivity contribution is 5.02. The maximum Gasteiger partial charge on any atom is 0.0492 e. The van der Waals surface area contributed by atoms with Crippen LogP contribution in [0.4, 0.5) is 0 Å². The quantitative estimate of drug-likeness (QED) is 0.895. The number of hydrogen-bond donors (Lipinski definition) is 1. The van der Waals surface area contributed by atoms with Gasteiger partial charge in [-0.1, -0.05) is 13.8 Å². The van der Waals surface area contributed by atoms with Crippen LogP contribution in [0.1, 0.15) is 39.8 Å². The summed E-state index contributed by atoms with van der Waals surface area (Å²) in [6.45, 7) is 12.6. The molecule has 114 valence electrons. The second-order valence-electron chi connectivity index (χ2n) is 7.16. The molecule has 1 unspecified atom stereocenters. The molecule has 0 saturated carbocycles. The lowest BCUT2D eigenvalue weighted by atomic mass is 9.93. The van der Waals surface area contributed by atoms with Crippen molar-refractivity contribution in [3.63, 3.8) is 0 Å². The molecule has 1 N–H and O–H groups in total. The number of rotatable bonds is 5. The normalized spacial score (nSPS) is 23.4. The smallest absolute Gasteiger partial charge is 0.0492 e. The minimum absolute atomic E-state index is 0.242. The van der Waals surface area contributed by atoms with Gasteiger partial charge in [-0.2, -0.15) is 5.10 Å². The molecule has 0 aliphatic carbocycles. The van der Waals surface area contributed by atoms with Gasteiger partial charge in [-0.25, -0.2) is 0 Å². The summed E-state index contributed by atoms with van der Waals surface area (Å²) in [5, 5.41) is 7.97. The van der Waals surface area contributed by atoms with Crippen LogP contribution in [0.25, 0.3) is 0 Å². The van der Waals surface area contributed by atoms with E-state index in [4.69, 9.17) is 0 Å². The van der Waals surface area contributed by atoms with Crippen LogP contribution in [0.3, 0.4) is 0 Å². The molecule has 1 aromatic rings. The van der Waals surface area contributed by atoms with Gasteiger partial charge in [-0.15, -0.1) is 0 Å². The highest BCUT2D eigenvalue weighted by atomic mass is 15.3. The first-order chi connectivity index (χ1) is 9.38. The van der Waals surface area contributed by atoms with Crippen molar-refractivity contribution in [2.75, 3.05) is 19.6 Å². The largest absolute Gasteiger partial charge is 0.311 e. The molecule has 20 heavy (non-hydrogen) atoms. The van der Waals surface area contributed by atoms with E-state index in [1.54, 1.807) is 0 Å². The van der Waals surface area contributed by atoms with Gasteiger partial charge in [0.2, 0.25) is 0 Å². The Balaban J connectivity index is 1.94. The molecule has 2 heterocycles. The molecule has 0 bridgehead atoms. The van der Waals surface area contributed by atoms with Crippen LogP contribution >= 0.6 is 0 Å². The van der Waals surface area contributed by atoms with Crippen LogP contribution in [-0.2, 0) is 13.5 Å². The molecule has 0 spiro atoms. The fourth-order valence-electron chi connectivity index (χ4n) is 3.10. The highest BCUT2D eigenvalue weighted by Gasteiger charge is 2.33. The summed E-state index contributed by atoms with van der Waals surface area (Å²) in [7, 11) is 2.03. The van der Waals surface area contributed by atoms with Crippen LogP contribution in [-0.4, -0.2) is 45.9 Å². The molecule has 4 heteroatoms. The average molecular weight is 278 g/mol. The van der Waals surface area contributed by atoms with Crippen molar-refractivity contribution in [2.24, 2.45) is 13.0 Å². The van der Waals surface area contributed by atoms with Crippen LogP contribution < -0.4 is 5.32 Å². The number of piperazine rings is 1. The van der Waals surface area contributed by atoms with Gasteiger partial charge < -0.3 is 5.32 Å². The summed E-state index contributed by atoms with van der Waals surface area (Å²) >= 11 is 0. The van der Waals surface area contributed by atoms with Gasteiger partial charge in [0.25, 0.3) is 0 Å². The maximum absolute atomic E-state index is 4.26. The Morgan fingerprint density at radius 2 is 2.20 bits per heavy atom. The van der Waals surface area contributed by atoms with Crippen molar-refractivity contribution in [1.82, 2.24) is 20.0 Å². The molecule has 0 aromatic carbocycles. The summed E-state index contributed by atoms with van der Waals surface area (Å²) in [6.07, 6.45) is 4.23. The first-order valence-electron chi connectivity index (χ1n) is 7.84. The third kappa shape index (κ3) is 3.83. The lowest BCUT2D eigenvalue weighted by molar-refractivity contribution is 0.0616. The second-order valence-corrected chi connectivity index (χ2v) is 7.16. The van der Waals surface area contributed by atoms with E-state index in [1.165, 1.54) is 12.1 Å². The molecule has 1 saturated heterocycles. The summed E-state index contributed by atoms with van der Waals surface area (Å²) in [6, 6.07) is 2.76. The zero-order valence-corrected chi connectivity index (χ0v) is 13.7. The first-order valence-corrected chi connectivity index (χ1v) is 7.84. The molecule has 0 amide bonds. The molecule has 1 aromatic heterocycles. The third-order valence-corrected chi connectivity index (χ3v) is 4.44. The van der Waals surface area contributed by atoms with Gasteiger partial charge in [0.15, 0.2) is 0 Å². The Bertz CT molecular complexity index is 422. The predicted octanol–water partition coefficient (Wildman–Crippen LogP) is 2.06. The van der Waals surface area contributed by atoms with E-state index in [0.717, 1.165) is 32.0 Å². The minimum Gasteiger partial charge on any atom is -0.311 e. The Labute approximate surface area is 123 Å². The van der Waals surface area contributed by atoms with Gasteiger partial charge in [-0.3, -0.25) is 9.58 Å². The van der Waals surface area contributed by atoms with E-state index >= 15 is 0 Å². The van der Waals surface area contributed by atoms with Gasteiger partial charge in [0, 0.05) is 56.6 Å². The van der Waals surface area contributed by atoms with E-state index in [1.807, 2.05) is 17.9 Å². The number of aromatic nitrogens is 2. The fraction of sp³-hybridized carbons (Fsp3) is 0.812. The Morgan fingerprint density at radius 3 is 2.80 bits per heavy atom. The lowest BCUT2D eigenvalue weighted by Crippen LogP contribution is -2.62. The van der Waals surface area contributed by atoms with Crippen LogP contribution in [0, 0.1) is 5.92 Å². The molecule has 1 atom stereocenters. The molecule has 2 rings (SSSR count). The van der Waals surface area contributed by atoms with Gasteiger partial charge >= 0.3 is 0 Å². The highest BCUT2D eigenvalue weighted by Crippen LogP contribution is 2.21. The fourth-order valence-corrected chi connectivity index (χ4v) is 3.10. The molecular formula is C16H30N4. The molecule has 1 aliphatic rings. The summed E-state index contributed by atoms with van der Waals surface area (Å²) < 4.78 is 1.99. The SMILES string of the molecule is CC(C)CC1CN(CCc2ccnn2C)C(C)(C)CN1. The van der Waals surface area contributed by atoms with Crippen LogP contribution in [0.15, 0.2) is 12.3 Å². The zero-order valence-electron chi connectivity index (χ0n) is 13.7. The second kappa shape index (κ2) is 6.27. The van der Waals surface area contributed by atoms with Gasteiger partial charge in [0.1, 0.15) is 0 Å². The maximum atomic E-state index is 4.26. The first kappa shape index (κ1) is 15.5. The molecular weight excluding hydrogens is 248 g/mol. The van der Waals surface area contributed by atoms with Gasteiger partial charge in [0.05, 0.1) is 0 Å². The summed E-state index contributed by atoms with van der Waals surface area (Å²) in [5.74, 6) is 0.757. The lowest BCUT2D eigenvalue weighted by Gasteiger charge is -2.46. The van der Waals surface area contributed by atoms with Crippen LogP contribution in [0.2, 0.25) is 0 Å². The van der Waals surface area contributed by atoms with Crippen molar-refractivity contribution >= 4 is 0 Å². The standard InChI is InChI=1S/C16H30N4/c1-13(2)10-14-11-20(16(3,4)12-17-14)9-7-15-6-8-18-19(15)5/h6,8,13-14,17H,7,9-12H2,1-5H3. The van der Waals surface area contributed by atoms with Crippen molar-refractivity contribution in [3.05, 3.63) is 18.0 Å². The van der Waals surface area contributed by atoms with E-state index in [2.05, 4.69) is 49.1 Å². The summed E-state index contributed by atoms with van der Waals surface area (Å²) in [4.78, 5) is 2.64. The average Bonchev–Trinajstić information content (AvgIpc) is 2.75. The molecule has 0 radical (unpaired) electrons. The topological polar surface area (TPSA) is 33.1 Å². The summed E-state index contributed by atoms with van der Waals surface area (Å²) in [5.41, 5.74) is 1.56. The molecule has 1 fully saturated rings. The minimum atomic E-state index is 0.242. The number of nitrogens with one attached hydrogen (secondary N) is 1. The predicted molar refractivity (Wildman–Crippen MR) is 83.8 cm³/mol. The van der Waals surface area contributed by atoms with Crippen LogP contribution in [0.5, 0.6) is 0 Å². The monoisotopic (exact) mass is 278 g/mol. The Kier molecular flexibility index (Phi) is 4.86. The third-order valence-electron chi connectivity index (χ3n) is 4.44. The zero-order chi connectivity index (χ0) is 14.8. The van der Waals surface area contributed by atoms with E-state index < -0.39 is 0 Å². The Hall–Kier alpha value is -0.870. The van der Waals surface area contributed by atoms with E-state index in [-0.39, 0.29) is 5.54 Å². The number of aryl methyl sites for hydroxylation is 1. The molecule has 4 nitrogen and oxygen atoms in total. The van der Waals surface area contributed by atoms with Crippen molar-refractivity contribution < 1.29 is 0 Å². The number of hydrogen-bond acceptors (Lipinski definition) is 3. The van der Waals surface area contributed by atoms with E-state index in [0.29, 0.717) is 6.04 Å². The van der Waals surface area contributed by atoms with Gasteiger partial charge in [-0.05, 0) is 32.3 Å². The van der Waals surface area contributed by atoms with Crippen molar-refractivity contribution in [2.45, 2.75) is 52.1 Å². The number of nitrogens with zero attached hydrogens (tertiary/aromatic N) is 3. The van der Waals surface area contributed by atoms with Crippen molar-refractivity contribution in [1.29, 1.82) is 0 Å². The van der Waals surface area contributed by atoms with Crippen molar-refractivity contribution in [3.8, 4) is 0 Å². The Morgan fingerprint density at radius 1 is 1.45 bits per heavy atom. The van der Waals surface area contributed by atoms with E-state index in [9.17, 15) is 0 Å². The molecule has 1 aliphatic heterocycles.